The van der Waals surface area contributed by atoms with Gasteiger partial charge in [-0.1, -0.05) is 12.1 Å². The first kappa shape index (κ1) is 24.2. The van der Waals surface area contributed by atoms with Crippen LogP contribution in [0.25, 0.3) is 10.9 Å². The Hall–Kier alpha value is -3.91. The fourth-order valence-electron chi connectivity index (χ4n) is 3.69. The molecule has 35 heavy (non-hydrogen) atoms. The molecule has 0 aliphatic carbocycles. The molecule has 0 saturated carbocycles. The Kier molecular flexibility index (Phi) is 7.62. The Balaban J connectivity index is 1.62. The van der Waals surface area contributed by atoms with Crippen molar-refractivity contribution in [2.75, 3.05) is 19.0 Å². The summed E-state index contributed by atoms with van der Waals surface area (Å²) in [6.45, 7) is 3.16. The number of aromatic nitrogens is 1. The molecular formula is C27H26FN3O3S. The first-order chi connectivity index (χ1) is 16.9. The van der Waals surface area contributed by atoms with E-state index in [1.54, 1.807) is 25.3 Å². The fraction of sp³-hybridized carbons (Fsp3) is 0.185. The average molecular weight is 492 g/mol. The van der Waals surface area contributed by atoms with Crippen LogP contribution in [0.3, 0.4) is 0 Å². The number of methoxy groups -OCH3 is 1. The number of benzene rings is 3. The highest BCUT2D eigenvalue weighted by atomic mass is 32.1. The number of pyridine rings is 1. The minimum Gasteiger partial charge on any atom is -0.497 e. The normalized spacial score (nSPS) is 10.7. The van der Waals surface area contributed by atoms with Gasteiger partial charge in [0.2, 0.25) is 0 Å². The number of halogens is 1. The number of fused-ring (bicyclic) bond motifs is 1. The molecule has 0 amide bonds. The second-order valence-electron chi connectivity index (χ2n) is 7.95. The van der Waals surface area contributed by atoms with E-state index in [9.17, 15) is 9.18 Å². The van der Waals surface area contributed by atoms with E-state index in [1.165, 1.54) is 12.1 Å². The van der Waals surface area contributed by atoms with E-state index in [0.717, 1.165) is 27.9 Å². The van der Waals surface area contributed by atoms with Gasteiger partial charge in [-0.05, 0) is 85.4 Å². The molecule has 0 fully saturated rings. The minimum absolute atomic E-state index is 0.198. The number of nitrogens with one attached hydrogen (secondary N) is 2. The van der Waals surface area contributed by atoms with Gasteiger partial charge < -0.3 is 24.7 Å². The van der Waals surface area contributed by atoms with Gasteiger partial charge in [0.25, 0.3) is 5.56 Å². The van der Waals surface area contributed by atoms with Gasteiger partial charge in [-0.15, -0.1) is 0 Å². The smallest absolute Gasteiger partial charge is 0.253 e. The van der Waals surface area contributed by atoms with Crippen LogP contribution in [0.1, 0.15) is 18.1 Å². The Morgan fingerprint density at radius 3 is 2.40 bits per heavy atom. The van der Waals surface area contributed by atoms with Gasteiger partial charge >= 0.3 is 0 Å². The Bertz CT molecular complexity index is 1370. The number of nitrogens with zero attached hydrogens (tertiary/aromatic N) is 1. The van der Waals surface area contributed by atoms with Gasteiger partial charge in [0.05, 0.1) is 20.3 Å². The Morgan fingerprint density at radius 2 is 1.71 bits per heavy atom. The van der Waals surface area contributed by atoms with Crippen LogP contribution < -0.4 is 20.3 Å². The van der Waals surface area contributed by atoms with E-state index in [4.69, 9.17) is 21.7 Å². The molecule has 0 unspecified atom stereocenters. The maximum atomic E-state index is 13.4. The van der Waals surface area contributed by atoms with Gasteiger partial charge in [-0.2, -0.15) is 0 Å². The van der Waals surface area contributed by atoms with E-state index in [0.29, 0.717) is 29.6 Å². The van der Waals surface area contributed by atoms with Crippen molar-refractivity contribution in [2.45, 2.75) is 20.0 Å². The molecular weight excluding hydrogens is 465 g/mol. The molecule has 0 atom stereocenters. The molecule has 0 saturated heterocycles. The van der Waals surface area contributed by atoms with Crippen molar-refractivity contribution in [1.82, 2.24) is 9.88 Å². The number of hydrogen-bond donors (Lipinski definition) is 2. The second-order valence-corrected chi connectivity index (χ2v) is 8.33. The van der Waals surface area contributed by atoms with Gasteiger partial charge in [0.1, 0.15) is 17.3 Å². The molecule has 0 aliphatic rings. The summed E-state index contributed by atoms with van der Waals surface area (Å²) in [4.78, 5) is 17.7. The molecule has 0 bridgehead atoms. The van der Waals surface area contributed by atoms with E-state index in [-0.39, 0.29) is 17.9 Å². The monoisotopic (exact) mass is 491 g/mol. The molecule has 3 aromatic carbocycles. The summed E-state index contributed by atoms with van der Waals surface area (Å²) in [7, 11) is 1.60. The standard InChI is InChI=1S/C27H26FN3O3S/c1-3-34-23-10-8-22(9-11-23)29-27(35)31(16-18-4-6-21(28)7-5-18)17-20-14-19-15-24(33-2)12-13-25(19)30-26(20)32/h4-15H,3,16-17H2,1-2H3,(H,29,35)(H,30,32). The van der Waals surface area contributed by atoms with Crippen LogP contribution in [0.15, 0.2) is 77.6 Å². The zero-order chi connectivity index (χ0) is 24.8. The van der Waals surface area contributed by atoms with E-state index in [2.05, 4.69) is 10.3 Å². The highest BCUT2D eigenvalue weighted by Gasteiger charge is 2.15. The van der Waals surface area contributed by atoms with Crippen molar-refractivity contribution in [2.24, 2.45) is 0 Å². The first-order valence-electron chi connectivity index (χ1n) is 11.2. The molecule has 4 rings (SSSR count). The second kappa shape index (κ2) is 11.0. The lowest BCUT2D eigenvalue weighted by atomic mass is 10.1. The molecule has 4 aromatic rings. The zero-order valence-corrected chi connectivity index (χ0v) is 20.3. The summed E-state index contributed by atoms with van der Waals surface area (Å²) in [6.07, 6.45) is 0. The maximum Gasteiger partial charge on any atom is 0.253 e. The lowest BCUT2D eigenvalue weighted by Crippen LogP contribution is -2.35. The quantitative estimate of drug-likeness (QED) is 0.319. The Morgan fingerprint density at radius 1 is 1.00 bits per heavy atom. The van der Waals surface area contributed by atoms with Gasteiger partial charge in [-0.25, -0.2) is 4.39 Å². The maximum absolute atomic E-state index is 13.4. The molecule has 180 valence electrons. The van der Waals surface area contributed by atoms with E-state index in [1.807, 2.05) is 54.3 Å². The van der Waals surface area contributed by atoms with Gasteiger partial charge in [0, 0.05) is 28.7 Å². The number of ether oxygens (including phenoxy) is 2. The molecule has 0 radical (unpaired) electrons. The topological polar surface area (TPSA) is 66.6 Å². The first-order valence-corrected chi connectivity index (χ1v) is 11.6. The van der Waals surface area contributed by atoms with Crippen LogP contribution in [-0.2, 0) is 13.1 Å². The number of anilines is 1. The molecule has 0 aliphatic heterocycles. The van der Waals surface area contributed by atoms with Gasteiger partial charge in [0.15, 0.2) is 5.11 Å². The number of hydrogen-bond acceptors (Lipinski definition) is 4. The third kappa shape index (κ3) is 6.16. The third-order valence-electron chi connectivity index (χ3n) is 5.48. The summed E-state index contributed by atoms with van der Waals surface area (Å²) < 4.78 is 24.3. The molecule has 2 N–H and O–H groups in total. The van der Waals surface area contributed by atoms with Crippen LogP contribution in [0.4, 0.5) is 10.1 Å². The summed E-state index contributed by atoms with van der Waals surface area (Å²) in [5.74, 6) is 1.16. The molecule has 6 nitrogen and oxygen atoms in total. The SMILES string of the molecule is CCOc1ccc(NC(=S)N(Cc2ccc(F)cc2)Cc2cc3cc(OC)ccc3[nH]c2=O)cc1. The van der Waals surface area contributed by atoms with Crippen molar-refractivity contribution in [3.63, 3.8) is 0 Å². The van der Waals surface area contributed by atoms with Crippen LogP contribution in [0.2, 0.25) is 0 Å². The predicted octanol–water partition coefficient (Wildman–Crippen LogP) is 5.47. The van der Waals surface area contributed by atoms with Crippen LogP contribution in [0.5, 0.6) is 11.5 Å². The van der Waals surface area contributed by atoms with Crippen molar-refractivity contribution in [1.29, 1.82) is 0 Å². The predicted molar refractivity (Wildman–Crippen MR) is 141 cm³/mol. The highest BCUT2D eigenvalue weighted by Crippen LogP contribution is 2.21. The fourth-order valence-corrected chi connectivity index (χ4v) is 3.94. The van der Waals surface area contributed by atoms with E-state index >= 15 is 0 Å². The number of thiocarbonyl (C=S) groups is 1. The van der Waals surface area contributed by atoms with Crippen molar-refractivity contribution in [3.05, 3.63) is 100 Å². The summed E-state index contributed by atoms with van der Waals surface area (Å²) in [5, 5.41) is 4.52. The summed E-state index contributed by atoms with van der Waals surface area (Å²) in [6, 6.07) is 21.0. The minimum atomic E-state index is -0.310. The highest BCUT2D eigenvalue weighted by molar-refractivity contribution is 7.80. The lowest BCUT2D eigenvalue weighted by Gasteiger charge is -2.26. The summed E-state index contributed by atoms with van der Waals surface area (Å²) >= 11 is 5.72. The van der Waals surface area contributed by atoms with Crippen molar-refractivity contribution >= 4 is 33.9 Å². The van der Waals surface area contributed by atoms with Crippen molar-refractivity contribution in [3.8, 4) is 11.5 Å². The summed E-state index contributed by atoms with van der Waals surface area (Å²) in [5.41, 5.74) is 2.72. The zero-order valence-electron chi connectivity index (χ0n) is 19.5. The van der Waals surface area contributed by atoms with Crippen LogP contribution >= 0.6 is 12.2 Å². The number of aromatic amines is 1. The Labute approximate surface area is 208 Å². The average Bonchev–Trinajstić information content (AvgIpc) is 2.86. The van der Waals surface area contributed by atoms with Gasteiger partial charge in [-0.3, -0.25) is 4.79 Å². The lowest BCUT2D eigenvalue weighted by molar-refractivity contribution is 0.340. The largest absolute Gasteiger partial charge is 0.497 e. The van der Waals surface area contributed by atoms with Crippen LogP contribution in [-0.4, -0.2) is 28.7 Å². The molecule has 0 spiro atoms. The molecule has 1 heterocycles. The van der Waals surface area contributed by atoms with Crippen molar-refractivity contribution < 1.29 is 13.9 Å². The van der Waals surface area contributed by atoms with E-state index < -0.39 is 0 Å². The number of rotatable bonds is 8. The molecule has 8 heteroatoms. The molecule has 1 aromatic heterocycles. The van der Waals surface area contributed by atoms with Crippen LogP contribution in [0, 0.1) is 5.82 Å². The number of H-pyrrole nitrogens is 1. The third-order valence-corrected chi connectivity index (χ3v) is 5.84.